The number of nitrogens with one attached hydrogen (secondary N) is 1. The minimum Gasteiger partial charge on any atom is -0.497 e. The lowest BCUT2D eigenvalue weighted by atomic mass is 9.95. The number of benzene rings is 2. The minimum absolute atomic E-state index is 0.0324. The Morgan fingerprint density at radius 3 is 2.67 bits per heavy atom. The fourth-order valence-electron chi connectivity index (χ4n) is 3.87. The van der Waals surface area contributed by atoms with E-state index in [4.69, 9.17) is 9.47 Å². The van der Waals surface area contributed by atoms with Crippen LogP contribution in [0.3, 0.4) is 0 Å². The molecule has 160 valence electrons. The molecule has 1 fully saturated rings. The van der Waals surface area contributed by atoms with Gasteiger partial charge in [0.1, 0.15) is 12.4 Å². The second kappa shape index (κ2) is 10.3. The number of methoxy groups -OCH3 is 1. The molecular weight excluding hydrogens is 380 g/mol. The van der Waals surface area contributed by atoms with Gasteiger partial charge in [0.15, 0.2) is 6.10 Å². The maximum absolute atomic E-state index is 13.0. The van der Waals surface area contributed by atoms with Gasteiger partial charge in [-0.3, -0.25) is 9.59 Å². The van der Waals surface area contributed by atoms with Gasteiger partial charge in [0.05, 0.1) is 13.2 Å². The number of ether oxygens (including phenoxy) is 2. The summed E-state index contributed by atoms with van der Waals surface area (Å²) < 4.78 is 11.0. The Labute approximate surface area is 178 Å². The Morgan fingerprint density at radius 1 is 1.20 bits per heavy atom. The van der Waals surface area contributed by atoms with Crippen LogP contribution in [0.2, 0.25) is 0 Å². The van der Waals surface area contributed by atoms with Gasteiger partial charge in [-0.15, -0.1) is 0 Å². The summed E-state index contributed by atoms with van der Waals surface area (Å²) in [6, 6.07) is 17.1. The Balaban J connectivity index is 1.64. The fourth-order valence-corrected chi connectivity index (χ4v) is 3.87. The van der Waals surface area contributed by atoms with Gasteiger partial charge < -0.3 is 19.7 Å². The average molecular weight is 411 g/mol. The van der Waals surface area contributed by atoms with Crippen LogP contribution in [-0.4, -0.2) is 49.1 Å². The molecule has 0 aromatic heterocycles. The number of nitrogens with zero attached hydrogens (tertiary/aromatic N) is 1. The first-order valence-corrected chi connectivity index (χ1v) is 10.4. The molecule has 2 atom stereocenters. The molecule has 30 heavy (non-hydrogen) atoms. The molecule has 1 aliphatic heterocycles. The van der Waals surface area contributed by atoms with Gasteiger partial charge in [0.2, 0.25) is 5.91 Å². The van der Waals surface area contributed by atoms with Crippen LogP contribution >= 0.6 is 0 Å². The van der Waals surface area contributed by atoms with Crippen molar-refractivity contribution in [3.8, 4) is 5.75 Å². The molecule has 1 heterocycles. The molecule has 0 aliphatic carbocycles. The quantitative estimate of drug-likeness (QED) is 0.679. The Kier molecular flexibility index (Phi) is 7.46. The molecule has 0 radical (unpaired) electrons. The van der Waals surface area contributed by atoms with E-state index in [9.17, 15) is 9.59 Å². The van der Waals surface area contributed by atoms with E-state index in [2.05, 4.69) is 5.32 Å². The molecule has 0 bridgehead atoms. The van der Waals surface area contributed by atoms with Crippen molar-refractivity contribution in [3.63, 3.8) is 0 Å². The van der Waals surface area contributed by atoms with Gasteiger partial charge in [-0.2, -0.15) is 0 Å². The van der Waals surface area contributed by atoms with Gasteiger partial charge in [-0.05, 0) is 49.9 Å². The fraction of sp³-hybridized carbons (Fsp3) is 0.417. The maximum atomic E-state index is 13.0. The molecule has 3 rings (SSSR count). The molecule has 0 unspecified atom stereocenters. The largest absolute Gasteiger partial charge is 0.497 e. The normalized spacial score (nSPS) is 19.1. The predicted molar refractivity (Wildman–Crippen MR) is 115 cm³/mol. The van der Waals surface area contributed by atoms with Crippen LogP contribution in [0.1, 0.15) is 37.4 Å². The van der Waals surface area contributed by atoms with Crippen molar-refractivity contribution in [1.82, 2.24) is 10.2 Å². The summed E-state index contributed by atoms with van der Waals surface area (Å²) in [5.74, 6) is 0.546. The summed E-state index contributed by atoms with van der Waals surface area (Å²) in [5, 5.41) is 2.99. The highest BCUT2D eigenvalue weighted by molar-refractivity contribution is 5.86. The number of hydrogen-bond acceptors (Lipinski definition) is 4. The van der Waals surface area contributed by atoms with Gasteiger partial charge in [-0.25, -0.2) is 0 Å². The molecule has 1 saturated heterocycles. The number of morpholine rings is 1. The summed E-state index contributed by atoms with van der Waals surface area (Å²) in [6.45, 7) is 4.38. The van der Waals surface area contributed by atoms with Gasteiger partial charge in [0, 0.05) is 12.6 Å². The first kappa shape index (κ1) is 21.8. The predicted octanol–water partition coefficient (Wildman–Crippen LogP) is 3.12. The first-order chi connectivity index (χ1) is 14.5. The van der Waals surface area contributed by atoms with Crippen LogP contribution in [0.15, 0.2) is 54.6 Å². The Morgan fingerprint density at radius 2 is 1.97 bits per heavy atom. The van der Waals surface area contributed by atoms with E-state index in [0.717, 1.165) is 29.7 Å². The standard InChI is InChI=1S/C24H30N2O4/c1-17(2)26-21(27)16-30-23(22(26)19-11-5-4-6-12-19)24(28)25-14-8-10-18-9-7-13-20(15-18)29-3/h4-7,9,11-13,15,17,22-23H,8,10,14,16H2,1-3H3,(H,25,28)/t22-,23+/m1/s1. The summed E-state index contributed by atoms with van der Waals surface area (Å²) >= 11 is 0. The first-order valence-electron chi connectivity index (χ1n) is 10.4. The molecular formula is C24H30N2O4. The van der Waals surface area contributed by atoms with E-state index in [0.29, 0.717) is 6.54 Å². The SMILES string of the molecule is COc1cccc(CCCNC(=O)[C@H]2OCC(=O)N(C(C)C)[C@@H]2c2ccccc2)c1. The maximum Gasteiger partial charge on any atom is 0.251 e. The molecule has 0 saturated carbocycles. The van der Waals surface area contributed by atoms with Crippen molar-refractivity contribution in [2.75, 3.05) is 20.3 Å². The van der Waals surface area contributed by atoms with Crippen molar-refractivity contribution in [2.24, 2.45) is 0 Å². The molecule has 2 amide bonds. The van der Waals surface area contributed by atoms with Crippen molar-refractivity contribution in [2.45, 2.75) is 44.9 Å². The second-order valence-corrected chi connectivity index (χ2v) is 7.73. The molecule has 0 spiro atoms. The smallest absolute Gasteiger partial charge is 0.251 e. The molecule has 2 aromatic carbocycles. The molecule has 6 heteroatoms. The Bertz CT molecular complexity index is 853. The van der Waals surface area contributed by atoms with Crippen LogP contribution in [0.25, 0.3) is 0 Å². The van der Waals surface area contributed by atoms with E-state index in [1.165, 1.54) is 0 Å². The third-order valence-corrected chi connectivity index (χ3v) is 5.29. The number of amides is 2. The van der Waals surface area contributed by atoms with Gasteiger partial charge >= 0.3 is 0 Å². The van der Waals surface area contributed by atoms with Crippen molar-refractivity contribution in [3.05, 3.63) is 65.7 Å². The van der Waals surface area contributed by atoms with E-state index in [1.54, 1.807) is 12.0 Å². The zero-order valence-electron chi connectivity index (χ0n) is 17.8. The Hall–Kier alpha value is -2.86. The van der Waals surface area contributed by atoms with Crippen LogP contribution in [0.4, 0.5) is 0 Å². The number of carbonyl (C=O) groups excluding carboxylic acids is 2. The summed E-state index contributed by atoms with van der Waals surface area (Å²) in [4.78, 5) is 27.3. The number of aryl methyl sites for hydroxylation is 1. The van der Waals surface area contributed by atoms with E-state index in [-0.39, 0.29) is 24.5 Å². The van der Waals surface area contributed by atoms with Gasteiger partial charge in [0.25, 0.3) is 5.91 Å². The summed E-state index contributed by atoms with van der Waals surface area (Å²) in [6.07, 6.45) is 0.903. The van der Waals surface area contributed by atoms with Crippen LogP contribution in [-0.2, 0) is 20.7 Å². The molecule has 6 nitrogen and oxygen atoms in total. The highest BCUT2D eigenvalue weighted by atomic mass is 16.5. The van der Waals surface area contributed by atoms with Crippen molar-refractivity contribution in [1.29, 1.82) is 0 Å². The zero-order chi connectivity index (χ0) is 21.5. The lowest BCUT2D eigenvalue weighted by Crippen LogP contribution is -2.56. The van der Waals surface area contributed by atoms with Gasteiger partial charge in [-0.1, -0.05) is 42.5 Å². The summed E-state index contributed by atoms with van der Waals surface area (Å²) in [5.41, 5.74) is 2.06. The highest BCUT2D eigenvalue weighted by Gasteiger charge is 2.42. The van der Waals surface area contributed by atoms with Crippen molar-refractivity contribution >= 4 is 11.8 Å². The third-order valence-electron chi connectivity index (χ3n) is 5.29. The number of rotatable bonds is 8. The van der Waals surface area contributed by atoms with E-state index < -0.39 is 12.1 Å². The monoisotopic (exact) mass is 410 g/mol. The third kappa shape index (κ3) is 5.19. The topological polar surface area (TPSA) is 67.9 Å². The minimum atomic E-state index is -0.732. The highest BCUT2D eigenvalue weighted by Crippen LogP contribution is 2.32. The van der Waals surface area contributed by atoms with Crippen LogP contribution in [0, 0.1) is 0 Å². The molecule has 1 aliphatic rings. The summed E-state index contributed by atoms with van der Waals surface area (Å²) in [7, 11) is 1.65. The lowest BCUT2D eigenvalue weighted by molar-refractivity contribution is -0.167. The average Bonchev–Trinajstić information content (AvgIpc) is 2.76. The number of carbonyl (C=O) groups is 2. The second-order valence-electron chi connectivity index (χ2n) is 7.73. The molecule has 1 N–H and O–H groups in total. The van der Waals surface area contributed by atoms with Crippen molar-refractivity contribution < 1.29 is 19.1 Å². The lowest BCUT2D eigenvalue weighted by Gasteiger charge is -2.42. The van der Waals surface area contributed by atoms with E-state index in [1.807, 2.05) is 68.4 Å². The van der Waals surface area contributed by atoms with Crippen LogP contribution < -0.4 is 10.1 Å². The zero-order valence-corrected chi connectivity index (χ0v) is 17.8. The number of hydrogen-bond donors (Lipinski definition) is 1. The van der Waals surface area contributed by atoms with Crippen LogP contribution in [0.5, 0.6) is 5.75 Å². The van der Waals surface area contributed by atoms with E-state index >= 15 is 0 Å². The molecule has 2 aromatic rings.